The van der Waals surface area contributed by atoms with Gasteiger partial charge in [-0.1, -0.05) is 6.07 Å². The molecule has 0 radical (unpaired) electrons. The molecule has 15 heavy (non-hydrogen) atoms. The zero-order valence-corrected chi connectivity index (χ0v) is 10.6. The lowest BCUT2D eigenvalue weighted by Gasteiger charge is -2.02. The van der Waals surface area contributed by atoms with Gasteiger partial charge in [-0.15, -0.1) is 0 Å². The number of hydrogen-bond acceptors (Lipinski definition) is 1. The number of benzene rings is 1. The Balaban J connectivity index is 2.41. The first kappa shape index (κ1) is 10.7. The maximum atomic E-state index is 3.58. The van der Waals surface area contributed by atoms with Crippen LogP contribution >= 0.6 is 15.9 Å². The average Bonchev–Trinajstić information content (AvgIpc) is 2.52. The molecule has 3 heteroatoms. The van der Waals surface area contributed by atoms with Crippen molar-refractivity contribution < 1.29 is 0 Å². The van der Waals surface area contributed by atoms with E-state index in [0.29, 0.717) is 0 Å². The van der Waals surface area contributed by atoms with Crippen LogP contribution in [0.2, 0.25) is 0 Å². The Kier molecular flexibility index (Phi) is 3.12. The lowest BCUT2D eigenvalue weighted by molar-refractivity contribution is 0.792. The molecule has 0 saturated carbocycles. The number of aromatic nitrogens is 1. The molecule has 0 amide bonds. The van der Waals surface area contributed by atoms with E-state index in [1.807, 2.05) is 7.05 Å². The van der Waals surface area contributed by atoms with Crippen molar-refractivity contribution in [1.82, 2.24) is 9.88 Å². The zero-order valence-electron chi connectivity index (χ0n) is 9.05. The van der Waals surface area contributed by atoms with Gasteiger partial charge in [-0.25, -0.2) is 0 Å². The third-order valence-corrected chi connectivity index (χ3v) is 3.30. The minimum Gasteiger partial charge on any atom is -0.349 e. The third-order valence-electron chi connectivity index (χ3n) is 2.67. The molecule has 1 aromatic heterocycles. The largest absolute Gasteiger partial charge is 0.349 e. The summed E-state index contributed by atoms with van der Waals surface area (Å²) < 4.78 is 3.31. The Morgan fingerprint density at radius 3 is 2.93 bits per heavy atom. The van der Waals surface area contributed by atoms with Crippen LogP contribution in [0.5, 0.6) is 0 Å². The molecule has 0 aliphatic heterocycles. The van der Waals surface area contributed by atoms with Crippen molar-refractivity contribution in [2.24, 2.45) is 7.05 Å². The average molecular weight is 267 g/mol. The Hall–Kier alpha value is -0.800. The number of nitrogens with zero attached hydrogens (tertiary/aromatic N) is 1. The van der Waals surface area contributed by atoms with Crippen molar-refractivity contribution in [3.63, 3.8) is 0 Å². The fourth-order valence-corrected chi connectivity index (χ4v) is 2.44. The first-order chi connectivity index (χ1) is 7.22. The number of aryl methyl sites for hydroxylation is 1. The first-order valence-electron chi connectivity index (χ1n) is 5.10. The van der Waals surface area contributed by atoms with Crippen LogP contribution in [0, 0.1) is 0 Å². The fraction of sp³-hybridized carbons (Fsp3) is 0.333. The second kappa shape index (κ2) is 4.37. The Bertz CT molecular complexity index is 474. The van der Waals surface area contributed by atoms with Crippen LogP contribution in [0.15, 0.2) is 28.9 Å². The van der Waals surface area contributed by atoms with Crippen LogP contribution in [0.3, 0.4) is 0 Å². The van der Waals surface area contributed by atoms with Crippen LogP contribution in [0.1, 0.15) is 5.56 Å². The summed E-state index contributed by atoms with van der Waals surface area (Å²) in [5, 5.41) is 4.46. The van der Waals surface area contributed by atoms with Gasteiger partial charge in [-0.3, -0.25) is 0 Å². The van der Waals surface area contributed by atoms with Crippen LogP contribution in [-0.4, -0.2) is 18.2 Å². The highest BCUT2D eigenvalue weighted by Gasteiger charge is 2.04. The van der Waals surface area contributed by atoms with E-state index >= 15 is 0 Å². The van der Waals surface area contributed by atoms with Crippen LogP contribution in [0.4, 0.5) is 0 Å². The molecule has 80 valence electrons. The van der Waals surface area contributed by atoms with Crippen molar-refractivity contribution in [3.8, 4) is 0 Å². The zero-order chi connectivity index (χ0) is 10.8. The second-order valence-electron chi connectivity index (χ2n) is 3.79. The minimum absolute atomic E-state index is 1.02. The molecule has 1 aromatic carbocycles. The number of halogens is 1. The molecule has 0 unspecified atom stereocenters. The lowest BCUT2D eigenvalue weighted by atomic mass is 10.1. The summed E-state index contributed by atoms with van der Waals surface area (Å²) in [7, 11) is 4.05. The Morgan fingerprint density at radius 1 is 1.40 bits per heavy atom. The normalized spacial score (nSPS) is 11.1. The van der Waals surface area contributed by atoms with E-state index in [1.54, 1.807) is 0 Å². The number of rotatable bonds is 3. The summed E-state index contributed by atoms with van der Waals surface area (Å²) >= 11 is 3.58. The van der Waals surface area contributed by atoms with E-state index < -0.39 is 0 Å². The van der Waals surface area contributed by atoms with E-state index in [-0.39, 0.29) is 0 Å². The summed E-state index contributed by atoms with van der Waals surface area (Å²) in [5.41, 5.74) is 2.65. The van der Waals surface area contributed by atoms with Gasteiger partial charge in [0.05, 0.1) is 0 Å². The van der Waals surface area contributed by atoms with Gasteiger partial charge in [0.2, 0.25) is 0 Å². The molecule has 2 nitrogen and oxygen atoms in total. The predicted molar refractivity (Wildman–Crippen MR) is 68.2 cm³/mol. The topological polar surface area (TPSA) is 17.0 Å². The maximum Gasteiger partial charge on any atom is 0.0489 e. The molecule has 0 spiro atoms. The van der Waals surface area contributed by atoms with Gasteiger partial charge in [0, 0.05) is 28.6 Å². The minimum atomic E-state index is 1.02. The SMILES string of the molecule is CNCCc1ccc2c(c1)c(Br)cn2C. The van der Waals surface area contributed by atoms with Crippen molar-refractivity contribution in [2.45, 2.75) is 6.42 Å². The summed E-state index contributed by atoms with van der Waals surface area (Å²) in [6, 6.07) is 6.65. The van der Waals surface area contributed by atoms with Crippen molar-refractivity contribution in [2.75, 3.05) is 13.6 Å². The summed E-state index contributed by atoms with van der Waals surface area (Å²) in [4.78, 5) is 0. The molecule has 0 fully saturated rings. The highest BCUT2D eigenvalue weighted by atomic mass is 79.9. The number of hydrogen-bond donors (Lipinski definition) is 1. The molecule has 0 atom stereocenters. The predicted octanol–water partition coefficient (Wildman–Crippen LogP) is 2.70. The van der Waals surface area contributed by atoms with Gasteiger partial charge in [0.25, 0.3) is 0 Å². The highest BCUT2D eigenvalue weighted by Crippen LogP contribution is 2.26. The van der Waals surface area contributed by atoms with Crippen molar-refractivity contribution in [1.29, 1.82) is 0 Å². The molecule has 0 aliphatic carbocycles. The molecule has 2 aromatic rings. The summed E-state index contributed by atoms with van der Waals surface area (Å²) in [6.45, 7) is 1.02. The van der Waals surface area contributed by atoms with Gasteiger partial charge in [0.15, 0.2) is 0 Å². The quantitative estimate of drug-likeness (QED) is 0.904. The summed E-state index contributed by atoms with van der Waals surface area (Å²) in [6.07, 6.45) is 3.18. The molecule has 2 rings (SSSR count). The van der Waals surface area contributed by atoms with E-state index in [9.17, 15) is 0 Å². The van der Waals surface area contributed by atoms with Crippen LogP contribution in [0.25, 0.3) is 10.9 Å². The van der Waals surface area contributed by atoms with Gasteiger partial charge in [-0.05, 0) is 53.6 Å². The molecular formula is C12H15BrN2. The van der Waals surface area contributed by atoms with E-state index in [4.69, 9.17) is 0 Å². The number of nitrogens with one attached hydrogen (secondary N) is 1. The molecule has 1 N–H and O–H groups in total. The van der Waals surface area contributed by atoms with Crippen LogP contribution < -0.4 is 5.32 Å². The van der Waals surface area contributed by atoms with Gasteiger partial charge in [0.1, 0.15) is 0 Å². The van der Waals surface area contributed by atoms with Crippen LogP contribution in [-0.2, 0) is 13.5 Å². The van der Waals surface area contributed by atoms with Gasteiger partial charge < -0.3 is 9.88 Å². The van der Waals surface area contributed by atoms with Gasteiger partial charge >= 0.3 is 0 Å². The number of likely N-dealkylation sites (N-methyl/N-ethyl adjacent to an activating group) is 1. The van der Waals surface area contributed by atoms with E-state index in [2.05, 4.69) is 57.3 Å². The highest BCUT2D eigenvalue weighted by molar-refractivity contribution is 9.10. The molecule has 0 saturated heterocycles. The van der Waals surface area contributed by atoms with Crippen molar-refractivity contribution in [3.05, 3.63) is 34.4 Å². The Morgan fingerprint density at radius 2 is 2.20 bits per heavy atom. The standard InChI is InChI=1S/C12H15BrN2/c1-14-6-5-9-3-4-12-10(7-9)11(13)8-15(12)2/h3-4,7-8,14H,5-6H2,1-2H3. The first-order valence-corrected chi connectivity index (χ1v) is 5.89. The summed E-state index contributed by atoms with van der Waals surface area (Å²) in [5.74, 6) is 0. The molecule has 1 heterocycles. The van der Waals surface area contributed by atoms with E-state index in [1.165, 1.54) is 20.9 Å². The maximum absolute atomic E-state index is 3.58. The van der Waals surface area contributed by atoms with E-state index in [0.717, 1.165) is 13.0 Å². The monoisotopic (exact) mass is 266 g/mol. The number of fused-ring (bicyclic) bond motifs is 1. The Labute approximate surface area is 98.4 Å². The fourth-order valence-electron chi connectivity index (χ4n) is 1.82. The van der Waals surface area contributed by atoms with Crippen molar-refractivity contribution >= 4 is 26.8 Å². The van der Waals surface area contributed by atoms with Gasteiger partial charge in [-0.2, -0.15) is 0 Å². The molecule has 0 bridgehead atoms. The molecule has 0 aliphatic rings. The second-order valence-corrected chi connectivity index (χ2v) is 4.65. The smallest absolute Gasteiger partial charge is 0.0489 e. The molecular weight excluding hydrogens is 252 g/mol. The third kappa shape index (κ3) is 2.08. The lowest BCUT2D eigenvalue weighted by Crippen LogP contribution is -2.10.